The molecule has 1 aromatic carbocycles. The van der Waals surface area contributed by atoms with Crippen LogP contribution in [0, 0.1) is 0 Å². The fourth-order valence-electron chi connectivity index (χ4n) is 3.00. The van der Waals surface area contributed by atoms with E-state index in [1.54, 1.807) is 0 Å². The molecule has 0 radical (unpaired) electrons. The van der Waals surface area contributed by atoms with Crippen LogP contribution in [-0.2, 0) is 0 Å². The highest BCUT2D eigenvalue weighted by molar-refractivity contribution is 6.06. The Hall–Kier alpha value is -2.34. The molecule has 0 bridgehead atoms. The van der Waals surface area contributed by atoms with Gasteiger partial charge in [-0.05, 0) is 25.6 Å². The number of benzene rings is 1. The highest BCUT2D eigenvalue weighted by atomic mass is 16.3. The standard InChI is InChI=1S/C15H17N5O/c1-17-9-6-7-20(8-9)14-13-12(18-15(16)19-14)10-4-2-3-5-11(10)21-13/h2-5,9,17H,6-8H2,1H3,(H2,16,18,19)/t9-/m1/s1. The molecule has 6 heteroatoms. The van der Waals surface area contributed by atoms with E-state index in [4.69, 9.17) is 10.2 Å². The summed E-state index contributed by atoms with van der Waals surface area (Å²) in [4.78, 5) is 11.0. The third-order valence-electron chi connectivity index (χ3n) is 4.12. The molecule has 1 fully saturated rings. The smallest absolute Gasteiger partial charge is 0.222 e. The zero-order valence-corrected chi connectivity index (χ0v) is 11.8. The van der Waals surface area contributed by atoms with E-state index in [1.807, 2.05) is 31.3 Å². The fourth-order valence-corrected chi connectivity index (χ4v) is 3.00. The van der Waals surface area contributed by atoms with Crippen LogP contribution in [0.25, 0.3) is 22.1 Å². The Labute approximate surface area is 121 Å². The highest BCUT2D eigenvalue weighted by Gasteiger charge is 2.26. The lowest BCUT2D eigenvalue weighted by Crippen LogP contribution is -2.30. The van der Waals surface area contributed by atoms with Crippen LogP contribution in [0.2, 0.25) is 0 Å². The third-order valence-corrected chi connectivity index (χ3v) is 4.12. The number of likely N-dealkylation sites (N-methyl/N-ethyl adjacent to an activating group) is 1. The number of anilines is 2. The molecule has 6 nitrogen and oxygen atoms in total. The number of hydrogen-bond acceptors (Lipinski definition) is 6. The van der Waals surface area contributed by atoms with Gasteiger partial charge in [-0.15, -0.1) is 0 Å². The van der Waals surface area contributed by atoms with Crippen molar-refractivity contribution in [3.63, 3.8) is 0 Å². The van der Waals surface area contributed by atoms with Gasteiger partial charge >= 0.3 is 0 Å². The van der Waals surface area contributed by atoms with Gasteiger partial charge in [0.05, 0.1) is 0 Å². The molecule has 108 valence electrons. The fraction of sp³-hybridized carbons (Fsp3) is 0.333. The van der Waals surface area contributed by atoms with E-state index >= 15 is 0 Å². The van der Waals surface area contributed by atoms with Crippen molar-refractivity contribution < 1.29 is 4.42 Å². The maximum atomic E-state index is 5.98. The Morgan fingerprint density at radius 2 is 2.19 bits per heavy atom. The van der Waals surface area contributed by atoms with Crippen LogP contribution in [-0.4, -0.2) is 36.1 Å². The maximum absolute atomic E-state index is 5.98. The molecule has 1 aliphatic rings. The number of nitrogens with zero attached hydrogens (tertiary/aromatic N) is 3. The first-order chi connectivity index (χ1) is 10.3. The number of aromatic nitrogens is 2. The number of nitrogens with two attached hydrogens (primary N) is 1. The number of rotatable bonds is 2. The molecule has 0 spiro atoms. The van der Waals surface area contributed by atoms with E-state index in [9.17, 15) is 0 Å². The van der Waals surface area contributed by atoms with Gasteiger partial charge in [-0.25, -0.2) is 4.98 Å². The van der Waals surface area contributed by atoms with Crippen molar-refractivity contribution in [2.24, 2.45) is 0 Å². The van der Waals surface area contributed by atoms with E-state index < -0.39 is 0 Å². The monoisotopic (exact) mass is 283 g/mol. The second-order valence-electron chi connectivity index (χ2n) is 5.40. The first kappa shape index (κ1) is 12.4. The summed E-state index contributed by atoms with van der Waals surface area (Å²) in [6.07, 6.45) is 1.09. The van der Waals surface area contributed by atoms with Crippen LogP contribution in [0.3, 0.4) is 0 Å². The van der Waals surface area contributed by atoms with Gasteiger partial charge in [0.1, 0.15) is 11.1 Å². The van der Waals surface area contributed by atoms with E-state index in [-0.39, 0.29) is 5.95 Å². The quantitative estimate of drug-likeness (QED) is 0.746. The molecule has 3 N–H and O–H groups in total. The topological polar surface area (TPSA) is 80.2 Å². The molecule has 4 rings (SSSR count). The summed E-state index contributed by atoms with van der Waals surface area (Å²) in [6, 6.07) is 8.34. The second kappa shape index (κ2) is 4.60. The van der Waals surface area contributed by atoms with Crippen LogP contribution in [0.4, 0.5) is 11.8 Å². The van der Waals surface area contributed by atoms with Crippen LogP contribution in [0.1, 0.15) is 6.42 Å². The van der Waals surface area contributed by atoms with E-state index in [1.165, 1.54) is 0 Å². The number of nitrogens with one attached hydrogen (secondary N) is 1. The van der Waals surface area contributed by atoms with Gasteiger partial charge < -0.3 is 20.4 Å². The molecule has 0 amide bonds. The summed E-state index contributed by atoms with van der Waals surface area (Å²) in [6.45, 7) is 1.84. The van der Waals surface area contributed by atoms with Gasteiger partial charge in [0.15, 0.2) is 11.4 Å². The number of furan rings is 1. The Morgan fingerprint density at radius 3 is 3.00 bits per heavy atom. The lowest BCUT2D eigenvalue weighted by molar-refractivity contribution is 0.615. The normalized spacial score (nSPS) is 18.9. The van der Waals surface area contributed by atoms with Gasteiger partial charge in [-0.3, -0.25) is 0 Å². The van der Waals surface area contributed by atoms with Crippen molar-refractivity contribution >= 4 is 33.8 Å². The summed E-state index contributed by atoms with van der Waals surface area (Å²) >= 11 is 0. The molecular formula is C15H17N5O. The molecule has 21 heavy (non-hydrogen) atoms. The van der Waals surface area contributed by atoms with E-state index in [0.29, 0.717) is 6.04 Å². The van der Waals surface area contributed by atoms with Crippen molar-refractivity contribution in [3.8, 4) is 0 Å². The molecule has 1 atom stereocenters. The van der Waals surface area contributed by atoms with Crippen LogP contribution in [0.15, 0.2) is 28.7 Å². The minimum atomic E-state index is 0.289. The largest absolute Gasteiger partial charge is 0.450 e. The first-order valence-electron chi connectivity index (χ1n) is 7.13. The molecule has 0 unspecified atom stereocenters. The van der Waals surface area contributed by atoms with Crippen LogP contribution >= 0.6 is 0 Å². The van der Waals surface area contributed by atoms with Gasteiger partial charge in [0.2, 0.25) is 5.95 Å². The van der Waals surface area contributed by atoms with Crippen molar-refractivity contribution in [2.75, 3.05) is 30.8 Å². The van der Waals surface area contributed by atoms with Crippen molar-refractivity contribution in [2.45, 2.75) is 12.5 Å². The summed E-state index contributed by atoms with van der Waals surface area (Å²) < 4.78 is 5.98. The Kier molecular flexibility index (Phi) is 2.71. The van der Waals surface area contributed by atoms with Gasteiger partial charge in [0.25, 0.3) is 0 Å². The number of para-hydroxylation sites is 1. The number of nitrogen functional groups attached to an aromatic ring is 1. The molecule has 2 aromatic heterocycles. The van der Waals surface area contributed by atoms with Gasteiger partial charge in [-0.1, -0.05) is 12.1 Å². The average Bonchev–Trinajstić information content (AvgIpc) is 3.11. The SMILES string of the molecule is CN[C@@H]1CCN(c2nc(N)nc3c2oc2ccccc23)C1. The minimum Gasteiger partial charge on any atom is -0.450 e. The molecule has 1 aliphatic heterocycles. The molecule has 3 aromatic rings. The number of hydrogen-bond donors (Lipinski definition) is 2. The van der Waals surface area contributed by atoms with Crippen molar-refractivity contribution in [3.05, 3.63) is 24.3 Å². The van der Waals surface area contributed by atoms with Crippen LogP contribution in [0.5, 0.6) is 0 Å². The maximum Gasteiger partial charge on any atom is 0.222 e. The summed E-state index contributed by atoms with van der Waals surface area (Å²) in [5, 5.41) is 4.28. The zero-order valence-electron chi connectivity index (χ0n) is 11.8. The summed E-state index contributed by atoms with van der Waals surface area (Å²) in [5.41, 5.74) is 8.24. The molecule has 1 saturated heterocycles. The number of fused-ring (bicyclic) bond motifs is 3. The first-order valence-corrected chi connectivity index (χ1v) is 7.13. The third kappa shape index (κ3) is 1.91. The predicted molar refractivity (Wildman–Crippen MR) is 83.4 cm³/mol. The molecule has 0 aliphatic carbocycles. The average molecular weight is 283 g/mol. The van der Waals surface area contributed by atoms with Gasteiger partial charge in [-0.2, -0.15) is 4.98 Å². The Bertz CT molecular complexity index is 812. The Balaban J connectivity index is 1.92. The van der Waals surface area contributed by atoms with Crippen molar-refractivity contribution in [1.29, 1.82) is 0 Å². The molecule has 3 heterocycles. The zero-order chi connectivity index (χ0) is 14.4. The minimum absolute atomic E-state index is 0.289. The lowest BCUT2D eigenvalue weighted by atomic mass is 10.2. The van der Waals surface area contributed by atoms with Crippen LogP contribution < -0.4 is 16.0 Å². The highest BCUT2D eigenvalue weighted by Crippen LogP contribution is 2.34. The summed E-state index contributed by atoms with van der Waals surface area (Å²) in [7, 11) is 1.99. The molecule has 0 saturated carbocycles. The second-order valence-corrected chi connectivity index (χ2v) is 5.40. The van der Waals surface area contributed by atoms with Gasteiger partial charge in [0, 0.05) is 24.5 Å². The van der Waals surface area contributed by atoms with E-state index in [0.717, 1.165) is 47.4 Å². The molecular weight excluding hydrogens is 266 g/mol. The predicted octanol–water partition coefficient (Wildman–Crippen LogP) is 1.76. The summed E-state index contributed by atoms with van der Waals surface area (Å²) in [5.74, 6) is 1.09. The Morgan fingerprint density at radius 1 is 1.33 bits per heavy atom. The lowest BCUT2D eigenvalue weighted by Gasteiger charge is -2.17. The van der Waals surface area contributed by atoms with Crippen molar-refractivity contribution in [1.82, 2.24) is 15.3 Å². The van der Waals surface area contributed by atoms with E-state index in [2.05, 4.69) is 20.2 Å².